The van der Waals surface area contributed by atoms with E-state index in [-0.39, 0.29) is 4.90 Å². The summed E-state index contributed by atoms with van der Waals surface area (Å²) in [5.74, 6) is 0.405. The highest BCUT2D eigenvalue weighted by atomic mass is 35.5. The lowest BCUT2D eigenvalue weighted by molar-refractivity contribution is 0.444. The Hall–Kier alpha value is -0.580. The Bertz CT molecular complexity index is 471. The van der Waals surface area contributed by atoms with E-state index in [4.69, 9.17) is 11.6 Å². The second kappa shape index (κ2) is 7.88. The molecule has 1 N–H and O–H groups in total. The maximum Gasteiger partial charge on any atom is 0.240 e. The van der Waals surface area contributed by atoms with Crippen molar-refractivity contribution in [2.24, 2.45) is 5.92 Å². The van der Waals surface area contributed by atoms with Gasteiger partial charge in [0.15, 0.2) is 0 Å². The quantitative estimate of drug-likeness (QED) is 0.793. The lowest BCUT2D eigenvalue weighted by Gasteiger charge is -2.15. The first-order valence-corrected chi connectivity index (χ1v) is 8.61. The fourth-order valence-electron chi connectivity index (χ4n) is 1.87. The fourth-order valence-corrected chi connectivity index (χ4v) is 3.11. The van der Waals surface area contributed by atoms with Gasteiger partial charge in [-0.1, -0.05) is 44.7 Å². The molecule has 3 nitrogen and oxygen atoms in total. The average Bonchev–Trinajstić information content (AvgIpc) is 2.39. The summed E-state index contributed by atoms with van der Waals surface area (Å²) in [4.78, 5) is 0.266. The SMILES string of the molecule is CCCCC(CC)CNS(=O)(=O)c1ccc(Cl)cc1. The van der Waals surface area contributed by atoms with Gasteiger partial charge in [-0.05, 0) is 36.6 Å². The summed E-state index contributed by atoms with van der Waals surface area (Å²) >= 11 is 5.75. The molecule has 0 spiro atoms. The number of sulfonamides is 1. The van der Waals surface area contributed by atoms with Crippen molar-refractivity contribution in [3.8, 4) is 0 Å². The second-order valence-corrected chi connectivity index (χ2v) is 6.93. The van der Waals surface area contributed by atoms with Crippen molar-refractivity contribution in [3.05, 3.63) is 29.3 Å². The van der Waals surface area contributed by atoms with Crippen LogP contribution in [-0.2, 0) is 10.0 Å². The maximum absolute atomic E-state index is 12.1. The Morgan fingerprint density at radius 1 is 1.21 bits per heavy atom. The van der Waals surface area contributed by atoms with E-state index in [0.29, 0.717) is 17.5 Å². The molecule has 0 aliphatic heterocycles. The van der Waals surface area contributed by atoms with Crippen molar-refractivity contribution in [1.29, 1.82) is 0 Å². The van der Waals surface area contributed by atoms with E-state index >= 15 is 0 Å². The molecule has 5 heteroatoms. The average molecular weight is 304 g/mol. The molecule has 0 saturated heterocycles. The van der Waals surface area contributed by atoms with Crippen LogP contribution < -0.4 is 4.72 Å². The number of unbranched alkanes of at least 4 members (excludes halogenated alkanes) is 1. The van der Waals surface area contributed by atoms with Gasteiger partial charge in [-0.25, -0.2) is 13.1 Å². The number of hydrogen-bond acceptors (Lipinski definition) is 2. The predicted octanol–water partition coefficient (Wildman–Crippen LogP) is 3.83. The maximum atomic E-state index is 12.1. The molecule has 0 aliphatic carbocycles. The molecule has 1 aromatic carbocycles. The molecule has 0 heterocycles. The van der Waals surface area contributed by atoms with Gasteiger partial charge < -0.3 is 0 Å². The highest BCUT2D eigenvalue weighted by Gasteiger charge is 2.15. The Balaban J connectivity index is 2.61. The predicted molar refractivity (Wildman–Crippen MR) is 79.9 cm³/mol. The summed E-state index contributed by atoms with van der Waals surface area (Å²) in [5.41, 5.74) is 0. The van der Waals surface area contributed by atoms with Crippen molar-refractivity contribution in [2.45, 2.75) is 44.4 Å². The Morgan fingerprint density at radius 3 is 2.37 bits per heavy atom. The van der Waals surface area contributed by atoms with Crippen LogP contribution in [0.5, 0.6) is 0 Å². The smallest absolute Gasteiger partial charge is 0.211 e. The summed E-state index contributed by atoms with van der Waals surface area (Å²) in [6, 6.07) is 6.23. The topological polar surface area (TPSA) is 46.2 Å². The van der Waals surface area contributed by atoms with Crippen LogP contribution in [0.4, 0.5) is 0 Å². The van der Waals surface area contributed by atoms with E-state index in [1.807, 2.05) is 0 Å². The monoisotopic (exact) mass is 303 g/mol. The molecule has 0 amide bonds. The van der Waals surface area contributed by atoms with Crippen LogP contribution in [0.15, 0.2) is 29.2 Å². The van der Waals surface area contributed by atoms with E-state index in [1.165, 1.54) is 12.1 Å². The van der Waals surface area contributed by atoms with Gasteiger partial charge in [-0.2, -0.15) is 0 Å². The molecule has 1 rings (SSSR count). The third-order valence-corrected chi connectivity index (χ3v) is 4.92. The summed E-state index contributed by atoms with van der Waals surface area (Å²) in [7, 11) is -3.42. The summed E-state index contributed by atoms with van der Waals surface area (Å²) in [6.45, 7) is 4.74. The number of benzene rings is 1. The number of halogens is 1. The minimum absolute atomic E-state index is 0.266. The zero-order chi connectivity index (χ0) is 14.3. The van der Waals surface area contributed by atoms with Crippen molar-refractivity contribution < 1.29 is 8.42 Å². The van der Waals surface area contributed by atoms with E-state index in [0.717, 1.165) is 25.7 Å². The van der Waals surface area contributed by atoms with Crippen molar-refractivity contribution in [2.75, 3.05) is 6.54 Å². The van der Waals surface area contributed by atoms with Gasteiger partial charge in [0, 0.05) is 11.6 Å². The van der Waals surface area contributed by atoms with Crippen LogP contribution in [0.3, 0.4) is 0 Å². The Labute approximate surface area is 121 Å². The highest BCUT2D eigenvalue weighted by Crippen LogP contribution is 2.16. The van der Waals surface area contributed by atoms with E-state index in [1.54, 1.807) is 12.1 Å². The van der Waals surface area contributed by atoms with Gasteiger partial charge in [-0.15, -0.1) is 0 Å². The number of nitrogens with one attached hydrogen (secondary N) is 1. The molecule has 0 saturated carbocycles. The van der Waals surface area contributed by atoms with Gasteiger partial charge >= 0.3 is 0 Å². The molecular formula is C14H22ClNO2S. The summed E-state index contributed by atoms with van der Waals surface area (Å²) in [5, 5.41) is 0.535. The molecule has 19 heavy (non-hydrogen) atoms. The zero-order valence-corrected chi connectivity index (χ0v) is 13.1. The van der Waals surface area contributed by atoms with Crippen LogP contribution in [0.1, 0.15) is 39.5 Å². The minimum Gasteiger partial charge on any atom is -0.211 e. The number of rotatable bonds is 8. The number of hydrogen-bond donors (Lipinski definition) is 1. The summed E-state index contributed by atoms with van der Waals surface area (Å²) in [6.07, 6.45) is 4.33. The van der Waals surface area contributed by atoms with Crippen LogP contribution in [-0.4, -0.2) is 15.0 Å². The second-order valence-electron chi connectivity index (χ2n) is 4.72. The van der Waals surface area contributed by atoms with Gasteiger partial charge in [0.05, 0.1) is 4.90 Å². The van der Waals surface area contributed by atoms with Crippen LogP contribution in [0.2, 0.25) is 5.02 Å². The van der Waals surface area contributed by atoms with Crippen LogP contribution in [0.25, 0.3) is 0 Å². The molecule has 0 aromatic heterocycles. The first kappa shape index (κ1) is 16.5. The molecule has 108 valence electrons. The highest BCUT2D eigenvalue weighted by molar-refractivity contribution is 7.89. The van der Waals surface area contributed by atoms with Gasteiger partial charge in [0.1, 0.15) is 0 Å². The van der Waals surface area contributed by atoms with E-state index in [9.17, 15) is 8.42 Å². The molecule has 1 atom stereocenters. The Morgan fingerprint density at radius 2 is 1.84 bits per heavy atom. The fraction of sp³-hybridized carbons (Fsp3) is 0.571. The molecule has 0 fully saturated rings. The molecule has 1 aromatic rings. The lowest BCUT2D eigenvalue weighted by Crippen LogP contribution is -2.29. The van der Waals surface area contributed by atoms with Crippen molar-refractivity contribution in [3.63, 3.8) is 0 Å². The van der Waals surface area contributed by atoms with Crippen LogP contribution >= 0.6 is 11.6 Å². The zero-order valence-electron chi connectivity index (χ0n) is 11.5. The summed E-state index contributed by atoms with van der Waals surface area (Å²) < 4.78 is 26.9. The normalized spacial score (nSPS) is 13.4. The van der Waals surface area contributed by atoms with Gasteiger partial charge in [0.2, 0.25) is 10.0 Å². The lowest BCUT2D eigenvalue weighted by atomic mass is 10.00. The van der Waals surface area contributed by atoms with E-state index < -0.39 is 10.0 Å². The first-order chi connectivity index (χ1) is 8.99. The van der Waals surface area contributed by atoms with Crippen molar-refractivity contribution in [1.82, 2.24) is 4.72 Å². The van der Waals surface area contributed by atoms with Gasteiger partial charge in [-0.3, -0.25) is 0 Å². The molecule has 0 aliphatic rings. The first-order valence-electron chi connectivity index (χ1n) is 6.74. The third kappa shape index (κ3) is 5.51. The van der Waals surface area contributed by atoms with Crippen LogP contribution in [0, 0.1) is 5.92 Å². The largest absolute Gasteiger partial charge is 0.240 e. The standard InChI is InChI=1S/C14H22ClNO2S/c1-3-5-6-12(4-2)11-16-19(17,18)14-9-7-13(15)8-10-14/h7-10,12,16H,3-6,11H2,1-2H3. The molecule has 0 radical (unpaired) electrons. The molecule has 0 bridgehead atoms. The van der Waals surface area contributed by atoms with Gasteiger partial charge in [0.25, 0.3) is 0 Å². The minimum atomic E-state index is -3.42. The van der Waals surface area contributed by atoms with Crippen molar-refractivity contribution >= 4 is 21.6 Å². The third-order valence-electron chi connectivity index (χ3n) is 3.23. The molecular weight excluding hydrogens is 282 g/mol. The molecule has 1 unspecified atom stereocenters. The van der Waals surface area contributed by atoms with E-state index in [2.05, 4.69) is 18.6 Å². The Kier molecular flexibility index (Phi) is 6.83.